The molecular weight excluding hydrogens is 452 g/mol. The molecule has 190 valence electrons. The lowest BCUT2D eigenvalue weighted by atomic mass is 10.0. The molecule has 2 saturated heterocycles. The molecule has 2 aliphatic heterocycles. The minimum absolute atomic E-state index is 0.221. The van der Waals surface area contributed by atoms with Crippen LogP contribution in [0.15, 0.2) is 60.7 Å². The lowest BCUT2D eigenvalue weighted by molar-refractivity contribution is 0.0381. The van der Waals surface area contributed by atoms with Gasteiger partial charge in [-0.25, -0.2) is 0 Å². The summed E-state index contributed by atoms with van der Waals surface area (Å²) < 4.78 is 17.4. The molecule has 2 atom stereocenters. The number of hydrogen-bond acceptors (Lipinski definition) is 7. The summed E-state index contributed by atoms with van der Waals surface area (Å²) in [4.78, 5) is 14.6. The topological polar surface area (TPSA) is 60.0 Å². The summed E-state index contributed by atoms with van der Waals surface area (Å²) in [5.41, 5.74) is 2.42. The third kappa shape index (κ3) is 5.90. The fourth-order valence-corrected chi connectivity index (χ4v) is 5.02. The average Bonchev–Trinajstić information content (AvgIpc) is 3.40. The van der Waals surface area contributed by atoms with Gasteiger partial charge in [-0.3, -0.25) is 0 Å². The zero-order valence-electron chi connectivity index (χ0n) is 21.3. The SMILES string of the molecule is CCC1CN(c2cc(OCc3ccc(OC)cc3)nc(N3CCCC3Cc3ccccc3)n2)CCO1. The Morgan fingerprint density at radius 1 is 1.00 bits per heavy atom. The molecule has 2 aliphatic rings. The highest BCUT2D eigenvalue weighted by molar-refractivity contribution is 5.49. The maximum absolute atomic E-state index is 6.23. The van der Waals surface area contributed by atoms with Crippen molar-refractivity contribution in [3.05, 3.63) is 71.8 Å². The van der Waals surface area contributed by atoms with Crippen molar-refractivity contribution < 1.29 is 14.2 Å². The predicted molar refractivity (Wildman–Crippen MR) is 142 cm³/mol. The van der Waals surface area contributed by atoms with Gasteiger partial charge in [-0.1, -0.05) is 49.4 Å². The molecule has 7 nitrogen and oxygen atoms in total. The van der Waals surface area contributed by atoms with Crippen molar-refractivity contribution in [2.24, 2.45) is 0 Å². The van der Waals surface area contributed by atoms with E-state index in [0.717, 1.165) is 68.4 Å². The van der Waals surface area contributed by atoms with Gasteiger partial charge in [0.1, 0.15) is 18.2 Å². The molecule has 3 aromatic rings. The van der Waals surface area contributed by atoms with E-state index in [2.05, 4.69) is 47.1 Å². The summed E-state index contributed by atoms with van der Waals surface area (Å²) in [6, 6.07) is 21.0. The fraction of sp³-hybridized carbons (Fsp3) is 0.448. The predicted octanol–water partition coefficient (Wildman–Crippen LogP) is 4.89. The molecule has 0 saturated carbocycles. The van der Waals surface area contributed by atoms with Crippen molar-refractivity contribution in [1.82, 2.24) is 9.97 Å². The van der Waals surface area contributed by atoms with Crippen LogP contribution >= 0.6 is 0 Å². The van der Waals surface area contributed by atoms with E-state index in [1.165, 1.54) is 5.56 Å². The lowest BCUT2D eigenvalue weighted by Crippen LogP contribution is -2.43. The van der Waals surface area contributed by atoms with E-state index in [1.54, 1.807) is 7.11 Å². The molecule has 0 amide bonds. The first-order valence-corrected chi connectivity index (χ1v) is 13.0. The van der Waals surface area contributed by atoms with Gasteiger partial charge in [-0.05, 0) is 48.9 Å². The minimum atomic E-state index is 0.221. The highest BCUT2D eigenvalue weighted by Crippen LogP contribution is 2.30. The first-order chi connectivity index (χ1) is 17.7. The van der Waals surface area contributed by atoms with Gasteiger partial charge < -0.3 is 24.0 Å². The van der Waals surface area contributed by atoms with Crippen LogP contribution in [0.5, 0.6) is 11.6 Å². The van der Waals surface area contributed by atoms with E-state index in [-0.39, 0.29) is 6.10 Å². The first kappa shape index (κ1) is 24.4. The molecule has 1 aromatic heterocycles. The van der Waals surface area contributed by atoms with Crippen LogP contribution in [0.2, 0.25) is 0 Å². The second kappa shape index (κ2) is 11.6. The molecule has 7 heteroatoms. The number of nitrogens with zero attached hydrogens (tertiary/aromatic N) is 4. The molecule has 0 N–H and O–H groups in total. The Bertz CT molecular complexity index is 1110. The maximum atomic E-state index is 6.23. The molecule has 5 rings (SSSR count). The van der Waals surface area contributed by atoms with Crippen LogP contribution in [0.3, 0.4) is 0 Å². The summed E-state index contributed by atoms with van der Waals surface area (Å²) in [5.74, 6) is 3.12. The van der Waals surface area contributed by atoms with E-state index in [0.29, 0.717) is 25.1 Å². The van der Waals surface area contributed by atoms with E-state index < -0.39 is 0 Å². The van der Waals surface area contributed by atoms with Crippen LogP contribution in [0, 0.1) is 0 Å². The summed E-state index contributed by atoms with van der Waals surface area (Å²) in [5, 5.41) is 0. The zero-order valence-corrected chi connectivity index (χ0v) is 21.3. The molecule has 36 heavy (non-hydrogen) atoms. The third-order valence-electron chi connectivity index (χ3n) is 7.09. The normalized spacial score (nSPS) is 19.9. The smallest absolute Gasteiger partial charge is 0.230 e. The van der Waals surface area contributed by atoms with Crippen LogP contribution in [0.4, 0.5) is 11.8 Å². The Balaban J connectivity index is 1.40. The number of methoxy groups -OCH3 is 1. The third-order valence-corrected chi connectivity index (χ3v) is 7.09. The number of anilines is 2. The molecule has 2 unspecified atom stereocenters. The van der Waals surface area contributed by atoms with E-state index in [4.69, 9.17) is 24.2 Å². The number of morpholine rings is 1. The Hall–Kier alpha value is -3.32. The van der Waals surface area contributed by atoms with Gasteiger partial charge >= 0.3 is 0 Å². The quantitative estimate of drug-likeness (QED) is 0.425. The molecule has 0 radical (unpaired) electrons. The molecule has 2 aromatic carbocycles. The number of rotatable bonds is 9. The van der Waals surface area contributed by atoms with E-state index in [1.807, 2.05) is 30.3 Å². The zero-order chi connectivity index (χ0) is 24.7. The molecular formula is C29H36N4O3. The number of aromatic nitrogens is 2. The van der Waals surface area contributed by atoms with Gasteiger partial charge in [-0.2, -0.15) is 9.97 Å². The average molecular weight is 489 g/mol. The fourth-order valence-electron chi connectivity index (χ4n) is 5.02. The van der Waals surface area contributed by atoms with Crippen molar-refractivity contribution in [2.75, 3.05) is 43.2 Å². The Morgan fingerprint density at radius 3 is 2.61 bits per heavy atom. The van der Waals surface area contributed by atoms with Crippen LogP contribution in [0.1, 0.15) is 37.3 Å². The van der Waals surface area contributed by atoms with Crippen LogP contribution in [0.25, 0.3) is 0 Å². The molecule has 0 aliphatic carbocycles. The van der Waals surface area contributed by atoms with Crippen molar-refractivity contribution >= 4 is 11.8 Å². The molecule has 0 bridgehead atoms. The maximum Gasteiger partial charge on any atom is 0.230 e. The van der Waals surface area contributed by atoms with E-state index >= 15 is 0 Å². The van der Waals surface area contributed by atoms with E-state index in [9.17, 15) is 0 Å². The first-order valence-electron chi connectivity index (χ1n) is 13.0. The van der Waals surface area contributed by atoms with Crippen molar-refractivity contribution in [3.8, 4) is 11.6 Å². The van der Waals surface area contributed by atoms with Gasteiger partial charge in [0.25, 0.3) is 0 Å². The molecule has 3 heterocycles. The Kier molecular flexibility index (Phi) is 7.86. The standard InChI is InChI=1S/C29H36N4O3/c1-3-25-20-32(16-17-35-25)27-19-28(36-21-23-11-13-26(34-2)14-12-23)31-29(30-27)33-15-7-10-24(33)18-22-8-5-4-6-9-22/h4-6,8-9,11-14,19,24-25H,3,7,10,15-18,20-21H2,1-2H3. The van der Waals surface area contributed by atoms with Crippen molar-refractivity contribution in [2.45, 2.75) is 51.4 Å². The highest BCUT2D eigenvalue weighted by atomic mass is 16.5. The number of benzene rings is 2. The van der Waals surface area contributed by atoms with Gasteiger partial charge in [0.15, 0.2) is 0 Å². The largest absolute Gasteiger partial charge is 0.497 e. The summed E-state index contributed by atoms with van der Waals surface area (Å²) >= 11 is 0. The van der Waals surface area contributed by atoms with Crippen molar-refractivity contribution in [1.29, 1.82) is 0 Å². The summed E-state index contributed by atoms with van der Waals surface area (Å²) in [6.45, 7) is 5.92. The summed E-state index contributed by atoms with van der Waals surface area (Å²) in [6.07, 6.45) is 4.48. The second-order valence-electron chi connectivity index (χ2n) is 9.53. The van der Waals surface area contributed by atoms with Crippen LogP contribution < -0.4 is 19.3 Å². The molecule has 0 spiro atoms. The van der Waals surface area contributed by atoms with Crippen molar-refractivity contribution in [3.63, 3.8) is 0 Å². The summed E-state index contributed by atoms with van der Waals surface area (Å²) in [7, 11) is 1.67. The van der Waals surface area contributed by atoms with Gasteiger partial charge in [0.05, 0.1) is 19.8 Å². The van der Waals surface area contributed by atoms with Crippen LogP contribution in [-0.2, 0) is 17.8 Å². The molecule has 2 fully saturated rings. The number of ether oxygens (including phenoxy) is 3. The lowest BCUT2D eigenvalue weighted by Gasteiger charge is -2.34. The monoisotopic (exact) mass is 488 g/mol. The van der Waals surface area contributed by atoms with Gasteiger partial charge in [-0.15, -0.1) is 0 Å². The second-order valence-corrected chi connectivity index (χ2v) is 9.53. The highest BCUT2D eigenvalue weighted by Gasteiger charge is 2.29. The van der Waals surface area contributed by atoms with Gasteiger partial charge in [0.2, 0.25) is 11.8 Å². The Morgan fingerprint density at radius 2 is 1.83 bits per heavy atom. The van der Waals surface area contributed by atoms with Crippen LogP contribution in [-0.4, -0.2) is 55.5 Å². The number of hydrogen-bond donors (Lipinski definition) is 0. The minimum Gasteiger partial charge on any atom is -0.497 e. The Labute approximate surface area is 214 Å². The van der Waals surface area contributed by atoms with Gasteiger partial charge in [0, 0.05) is 31.7 Å².